The molecule has 3 aromatic rings. The lowest BCUT2D eigenvalue weighted by Crippen LogP contribution is -2.27. The molecule has 0 saturated carbocycles. The molecule has 1 aromatic heterocycles. The minimum Gasteiger partial charge on any atom is -0.497 e. The summed E-state index contributed by atoms with van der Waals surface area (Å²) in [6.45, 7) is -0.140. The van der Waals surface area contributed by atoms with Crippen LogP contribution < -0.4 is 15.0 Å². The number of methoxy groups -OCH3 is 2. The fraction of sp³-hybridized carbons (Fsp3) is 0.190. The molecule has 144 valence electrons. The van der Waals surface area contributed by atoms with E-state index in [-0.39, 0.29) is 13.2 Å². The Kier molecular flexibility index (Phi) is 6.06. The SMILES string of the molecule is COc1ccc(-c2ccc(=O)n(CC(=O)OCc3ccccc3)n2)c(OC)c1. The highest BCUT2D eigenvalue weighted by atomic mass is 16.5. The summed E-state index contributed by atoms with van der Waals surface area (Å²) in [5, 5.41) is 4.28. The van der Waals surface area contributed by atoms with Gasteiger partial charge in [-0.15, -0.1) is 0 Å². The molecule has 0 atom stereocenters. The predicted molar refractivity (Wildman–Crippen MR) is 103 cm³/mol. The standard InChI is InChI=1S/C21H20N2O5/c1-26-16-8-9-17(19(12-16)27-2)18-10-11-20(24)23(22-18)13-21(25)28-14-15-6-4-3-5-7-15/h3-12H,13-14H2,1-2H3. The number of carbonyl (C=O) groups excluding carboxylic acids is 1. The molecule has 7 heteroatoms. The maximum Gasteiger partial charge on any atom is 0.328 e. The summed E-state index contributed by atoms with van der Waals surface area (Å²) >= 11 is 0. The number of carbonyl (C=O) groups is 1. The summed E-state index contributed by atoms with van der Waals surface area (Å²) in [4.78, 5) is 24.2. The van der Waals surface area contributed by atoms with Crippen LogP contribution in [0, 0.1) is 0 Å². The number of hydrogen-bond acceptors (Lipinski definition) is 6. The smallest absolute Gasteiger partial charge is 0.328 e. The summed E-state index contributed by atoms with van der Waals surface area (Å²) < 4.78 is 16.9. The van der Waals surface area contributed by atoms with Crippen molar-refractivity contribution in [2.24, 2.45) is 0 Å². The highest BCUT2D eigenvalue weighted by Gasteiger charge is 2.13. The van der Waals surface area contributed by atoms with E-state index >= 15 is 0 Å². The Bertz CT molecular complexity index is 1010. The minimum absolute atomic E-state index is 0.139. The molecular weight excluding hydrogens is 360 g/mol. The molecule has 0 spiro atoms. The predicted octanol–water partition coefficient (Wildman–Crippen LogP) is 2.67. The van der Waals surface area contributed by atoms with Crippen LogP contribution >= 0.6 is 0 Å². The van der Waals surface area contributed by atoms with Crippen LogP contribution in [0.15, 0.2) is 65.5 Å². The van der Waals surface area contributed by atoms with Gasteiger partial charge in [-0.3, -0.25) is 9.59 Å². The number of ether oxygens (including phenoxy) is 3. The molecule has 0 radical (unpaired) electrons. The Labute approximate surface area is 162 Å². The van der Waals surface area contributed by atoms with Crippen molar-refractivity contribution in [2.75, 3.05) is 14.2 Å². The molecule has 0 aliphatic rings. The van der Waals surface area contributed by atoms with Gasteiger partial charge in [-0.1, -0.05) is 30.3 Å². The quantitative estimate of drug-likeness (QED) is 0.587. The van der Waals surface area contributed by atoms with Gasteiger partial charge < -0.3 is 14.2 Å². The van der Waals surface area contributed by atoms with E-state index in [1.165, 1.54) is 13.2 Å². The average Bonchev–Trinajstić information content (AvgIpc) is 2.74. The van der Waals surface area contributed by atoms with Crippen molar-refractivity contribution >= 4 is 5.97 Å². The number of nitrogens with zero attached hydrogens (tertiary/aromatic N) is 2. The fourth-order valence-electron chi connectivity index (χ4n) is 2.62. The van der Waals surface area contributed by atoms with Gasteiger partial charge in [0.15, 0.2) is 0 Å². The lowest BCUT2D eigenvalue weighted by atomic mass is 10.1. The Morgan fingerprint density at radius 3 is 2.50 bits per heavy atom. The van der Waals surface area contributed by atoms with Crippen LogP contribution in [0.2, 0.25) is 0 Å². The molecule has 0 aliphatic carbocycles. The van der Waals surface area contributed by atoms with Crippen LogP contribution in [-0.4, -0.2) is 30.0 Å². The van der Waals surface area contributed by atoms with Crippen molar-refractivity contribution in [3.05, 3.63) is 76.6 Å². The lowest BCUT2D eigenvalue weighted by Gasteiger charge is -2.11. The van der Waals surface area contributed by atoms with Crippen molar-refractivity contribution in [3.63, 3.8) is 0 Å². The molecule has 0 aliphatic heterocycles. The zero-order valence-corrected chi connectivity index (χ0v) is 15.6. The van der Waals surface area contributed by atoms with E-state index in [9.17, 15) is 9.59 Å². The molecule has 3 rings (SSSR count). The van der Waals surface area contributed by atoms with Crippen molar-refractivity contribution in [1.29, 1.82) is 0 Å². The van der Waals surface area contributed by atoms with Gasteiger partial charge in [0, 0.05) is 17.7 Å². The normalized spacial score (nSPS) is 10.4. The molecule has 0 unspecified atom stereocenters. The van der Waals surface area contributed by atoms with E-state index in [1.54, 1.807) is 31.4 Å². The Hall–Kier alpha value is -3.61. The summed E-state index contributed by atoms with van der Waals surface area (Å²) in [5.74, 6) is 0.638. The second-order valence-electron chi connectivity index (χ2n) is 5.93. The zero-order chi connectivity index (χ0) is 19.9. The van der Waals surface area contributed by atoms with Crippen molar-refractivity contribution in [3.8, 4) is 22.8 Å². The first kappa shape index (κ1) is 19.2. The highest BCUT2D eigenvalue weighted by Crippen LogP contribution is 2.31. The van der Waals surface area contributed by atoms with Crippen LogP contribution in [0.5, 0.6) is 11.5 Å². The van der Waals surface area contributed by atoms with Gasteiger partial charge >= 0.3 is 5.97 Å². The molecule has 7 nitrogen and oxygen atoms in total. The average molecular weight is 380 g/mol. The number of rotatable bonds is 7. The van der Waals surface area contributed by atoms with Crippen molar-refractivity contribution < 1.29 is 19.0 Å². The monoisotopic (exact) mass is 380 g/mol. The molecule has 1 heterocycles. The van der Waals surface area contributed by atoms with Gasteiger partial charge in [-0.2, -0.15) is 5.10 Å². The van der Waals surface area contributed by atoms with E-state index < -0.39 is 11.5 Å². The van der Waals surface area contributed by atoms with Crippen LogP contribution in [0.3, 0.4) is 0 Å². The second kappa shape index (κ2) is 8.85. The summed E-state index contributed by atoms with van der Waals surface area (Å²) in [6, 6.07) is 17.5. The largest absolute Gasteiger partial charge is 0.497 e. The van der Waals surface area contributed by atoms with Crippen LogP contribution in [0.1, 0.15) is 5.56 Å². The summed E-state index contributed by atoms with van der Waals surface area (Å²) in [7, 11) is 3.10. The molecule has 0 bridgehead atoms. The van der Waals surface area contributed by atoms with Gasteiger partial charge in [-0.25, -0.2) is 4.68 Å². The first-order valence-corrected chi connectivity index (χ1v) is 8.61. The van der Waals surface area contributed by atoms with Gasteiger partial charge in [0.1, 0.15) is 24.7 Å². The molecule has 0 N–H and O–H groups in total. The van der Waals surface area contributed by atoms with Crippen LogP contribution in [0.4, 0.5) is 0 Å². The molecule has 28 heavy (non-hydrogen) atoms. The maximum absolute atomic E-state index is 12.1. The van der Waals surface area contributed by atoms with Gasteiger partial charge in [0.05, 0.1) is 19.9 Å². The van der Waals surface area contributed by atoms with Crippen molar-refractivity contribution in [1.82, 2.24) is 9.78 Å². The fourth-order valence-corrected chi connectivity index (χ4v) is 2.62. The Balaban J connectivity index is 1.78. The highest BCUT2D eigenvalue weighted by molar-refractivity contribution is 5.70. The van der Waals surface area contributed by atoms with E-state index in [1.807, 2.05) is 30.3 Å². The van der Waals surface area contributed by atoms with Gasteiger partial charge in [0.25, 0.3) is 5.56 Å². The molecule has 2 aromatic carbocycles. The number of aromatic nitrogens is 2. The Morgan fingerprint density at radius 2 is 1.79 bits per heavy atom. The third kappa shape index (κ3) is 4.56. The summed E-state index contributed by atoms with van der Waals surface area (Å²) in [5.41, 5.74) is 1.64. The second-order valence-corrected chi connectivity index (χ2v) is 5.93. The van der Waals surface area contributed by atoms with Crippen molar-refractivity contribution in [2.45, 2.75) is 13.2 Å². The number of benzene rings is 2. The maximum atomic E-state index is 12.1. The third-order valence-corrected chi connectivity index (χ3v) is 4.07. The minimum atomic E-state index is -0.544. The number of hydrogen-bond donors (Lipinski definition) is 0. The molecular formula is C21H20N2O5. The van der Waals surface area contributed by atoms with E-state index in [4.69, 9.17) is 14.2 Å². The molecule has 0 saturated heterocycles. The van der Waals surface area contributed by atoms with E-state index in [2.05, 4.69) is 5.10 Å². The summed E-state index contributed by atoms with van der Waals surface area (Å²) in [6.07, 6.45) is 0. The van der Waals surface area contributed by atoms with Gasteiger partial charge in [-0.05, 0) is 23.8 Å². The van der Waals surface area contributed by atoms with Crippen LogP contribution in [-0.2, 0) is 22.7 Å². The Morgan fingerprint density at radius 1 is 1.00 bits per heavy atom. The first-order valence-electron chi connectivity index (χ1n) is 8.61. The van der Waals surface area contributed by atoms with E-state index in [0.29, 0.717) is 22.8 Å². The van der Waals surface area contributed by atoms with E-state index in [0.717, 1.165) is 10.2 Å². The van der Waals surface area contributed by atoms with Gasteiger partial charge in [0.2, 0.25) is 0 Å². The molecule has 0 fully saturated rings. The molecule has 0 amide bonds. The van der Waals surface area contributed by atoms with Crippen LogP contribution in [0.25, 0.3) is 11.3 Å². The topological polar surface area (TPSA) is 79.7 Å². The lowest BCUT2D eigenvalue weighted by molar-refractivity contribution is -0.146. The third-order valence-electron chi connectivity index (χ3n) is 4.07. The number of esters is 1. The first-order chi connectivity index (χ1) is 13.6. The zero-order valence-electron chi connectivity index (χ0n) is 15.6.